The zero-order valence-electron chi connectivity index (χ0n) is 13.4. The van der Waals surface area contributed by atoms with E-state index in [1.54, 1.807) is 38.3 Å². The fourth-order valence-electron chi connectivity index (χ4n) is 1.94. The Morgan fingerprint density at radius 1 is 1.20 bits per heavy atom. The SMILES string of the molecule is COc1ccc(S[C@H](C)C(=O)Nc2cc(C(F)(F)F)ccc2Cl)cc1. The number of ether oxygens (including phenoxy) is 1. The van der Waals surface area contributed by atoms with Gasteiger partial charge >= 0.3 is 6.18 Å². The van der Waals surface area contributed by atoms with E-state index < -0.39 is 22.9 Å². The summed E-state index contributed by atoms with van der Waals surface area (Å²) < 4.78 is 43.4. The predicted molar refractivity (Wildman–Crippen MR) is 93.4 cm³/mol. The van der Waals surface area contributed by atoms with E-state index in [2.05, 4.69) is 5.32 Å². The average Bonchev–Trinajstić information content (AvgIpc) is 2.56. The number of carbonyl (C=O) groups excluding carboxylic acids is 1. The van der Waals surface area contributed by atoms with E-state index in [-0.39, 0.29) is 10.7 Å². The van der Waals surface area contributed by atoms with Crippen LogP contribution < -0.4 is 10.1 Å². The number of methoxy groups -OCH3 is 1. The largest absolute Gasteiger partial charge is 0.497 e. The van der Waals surface area contributed by atoms with Gasteiger partial charge in [-0.3, -0.25) is 4.79 Å². The summed E-state index contributed by atoms with van der Waals surface area (Å²) in [7, 11) is 1.55. The topological polar surface area (TPSA) is 38.3 Å². The average molecular weight is 390 g/mol. The van der Waals surface area contributed by atoms with Crippen molar-refractivity contribution in [3.63, 3.8) is 0 Å². The lowest BCUT2D eigenvalue weighted by molar-refractivity contribution is -0.137. The number of amides is 1. The van der Waals surface area contributed by atoms with Gasteiger partial charge in [0.1, 0.15) is 5.75 Å². The number of hydrogen-bond donors (Lipinski definition) is 1. The molecule has 0 fully saturated rings. The highest BCUT2D eigenvalue weighted by Gasteiger charge is 2.31. The number of halogens is 4. The third-order valence-corrected chi connectivity index (χ3v) is 4.73. The van der Waals surface area contributed by atoms with E-state index in [1.165, 1.54) is 11.8 Å². The minimum atomic E-state index is -4.51. The molecule has 0 saturated heterocycles. The lowest BCUT2D eigenvalue weighted by atomic mass is 10.2. The second-order valence-electron chi connectivity index (χ2n) is 5.12. The van der Waals surface area contributed by atoms with Crippen LogP contribution in [0.15, 0.2) is 47.4 Å². The normalized spacial score (nSPS) is 12.6. The molecule has 25 heavy (non-hydrogen) atoms. The molecule has 8 heteroatoms. The van der Waals surface area contributed by atoms with Gasteiger partial charge in [-0.2, -0.15) is 13.2 Å². The second kappa shape index (κ2) is 8.01. The lowest BCUT2D eigenvalue weighted by Gasteiger charge is -2.15. The van der Waals surface area contributed by atoms with Gasteiger partial charge in [0, 0.05) is 4.90 Å². The summed E-state index contributed by atoms with van der Waals surface area (Å²) >= 11 is 7.16. The number of rotatable bonds is 5. The van der Waals surface area contributed by atoms with E-state index in [4.69, 9.17) is 16.3 Å². The third-order valence-electron chi connectivity index (χ3n) is 3.29. The smallest absolute Gasteiger partial charge is 0.416 e. The number of anilines is 1. The van der Waals surface area contributed by atoms with Crippen molar-refractivity contribution in [2.45, 2.75) is 23.2 Å². The summed E-state index contributed by atoms with van der Waals surface area (Å²) in [6.07, 6.45) is -4.51. The van der Waals surface area contributed by atoms with Crippen LogP contribution >= 0.6 is 23.4 Å². The minimum absolute atomic E-state index is 0.0444. The lowest BCUT2D eigenvalue weighted by Crippen LogP contribution is -2.22. The van der Waals surface area contributed by atoms with Crippen LogP contribution in [0.4, 0.5) is 18.9 Å². The van der Waals surface area contributed by atoms with Crippen molar-refractivity contribution >= 4 is 35.0 Å². The molecule has 0 bridgehead atoms. The van der Waals surface area contributed by atoms with Gasteiger partial charge in [0.2, 0.25) is 5.91 Å². The predicted octanol–water partition coefficient (Wildman–Crippen LogP) is 5.49. The Morgan fingerprint density at radius 3 is 2.40 bits per heavy atom. The van der Waals surface area contributed by atoms with Gasteiger partial charge in [-0.25, -0.2) is 0 Å². The quantitative estimate of drug-likeness (QED) is 0.687. The fraction of sp³-hybridized carbons (Fsp3) is 0.235. The molecule has 1 atom stereocenters. The molecule has 0 spiro atoms. The highest BCUT2D eigenvalue weighted by molar-refractivity contribution is 8.00. The van der Waals surface area contributed by atoms with Crippen LogP contribution in [-0.2, 0) is 11.0 Å². The van der Waals surface area contributed by atoms with Gasteiger partial charge in [-0.05, 0) is 49.4 Å². The Balaban J connectivity index is 2.07. The Kier molecular flexibility index (Phi) is 6.24. The van der Waals surface area contributed by atoms with E-state index in [1.807, 2.05) is 0 Å². The molecule has 0 radical (unpaired) electrons. The molecular formula is C17H15ClF3NO2S. The van der Waals surface area contributed by atoms with Gasteiger partial charge < -0.3 is 10.1 Å². The third kappa shape index (κ3) is 5.31. The first-order valence-electron chi connectivity index (χ1n) is 7.19. The summed E-state index contributed by atoms with van der Waals surface area (Å²) in [4.78, 5) is 13.1. The fourth-order valence-corrected chi connectivity index (χ4v) is 2.98. The molecule has 2 aromatic rings. The molecule has 2 rings (SSSR count). The molecule has 2 aromatic carbocycles. The van der Waals surface area contributed by atoms with Crippen LogP contribution in [0.5, 0.6) is 5.75 Å². The van der Waals surface area contributed by atoms with Crippen LogP contribution in [0.2, 0.25) is 5.02 Å². The zero-order valence-corrected chi connectivity index (χ0v) is 14.9. The number of alkyl halides is 3. The van der Waals surface area contributed by atoms with Gasteiger partial charge in [0.05, 0.1) is 28.6 Å². The van der Waals surface area contributed by atoms with E-state index in [9.17, 15) is 18.0 Å². The van der Waals surface area contributed by atoms with Gasteiger partial charge in [0.15, 0.2) is 0 Å². The van der Waals surface area contributed by atoms with Crippen LogP contribution in [0.25, 0.3) is 0 Å². The van der Waals surface area contributed by atoms with E-state index in [0.717, 1.165) is 23.1 Å². The maximum atomic E-state index is 12.8. The van der Waals surface area contributed by atoms with Gasteiger partial charge in [-0.1, -0.05) is 11.6 Å². The van der Waals surface area contributed by atoms with E-state index >= 15 is 0 Å². The molecular weight excluding hydrogens is 375 g/mol. The summed E-state index contributed by atoms with van der Waals surface area (Å²) in [6, 6.07) is 9.92. The highest BCUT2D eigenvalue weighted by Crippen LogP contribution is 2.34. The monoisotopic (exact) mass is 389 g/mol. The first-order chi connectivity index (χ1) is 11.7. The van der Waals surface area contributed by atoms with Crippen LogP contribution in [0, 0.1) is 0 Å². The van der Waals surface area contributed by atoms with Crippen molar-refractivity contribution in [1.29, 1.82) is 0 Å². The number of nitrogens with one attached hydrogen (secondary N) is 1. The van der Waals surface area contributed by atoms with Crippen molar-refractivity contribution in [3.05, 3.63) is 53.1 Å². The maximum Gasteiger partial charge on any atom is 0.416 e. The Bertz CT molecular complexity index is 751. The second-order valence-corrected chi connectivity index (χ2v) is 6.94. The molecule has 0 aliphatic rings. The molecule has 1 N–H and O–H groups in total. The molecule has 0 heterocycles. The van der Waals surface area contributed by atoms with Crippen molar-refractivity contribution in [1.82, 2.24) is 0 Å². The maximum absolute atomic E-state index is 12.8. The molecule has 0 aliphatic carbocycles. The van der Waals surface area contributed by atoms with Crippen LogP contribution in [0.1, 0.15) is 12.5 Å². The van der Waals surface area contributed by atoms with Crippen LogP contribution in [-0.4, -0.2) is 18.3 Å². The molecule has 3 nitrogen and oxygen atoms in total. The van der Waals surface area contributed by atoms with Crippen molar-refractivity contribution in [3.8, 4) is 5.75 Å². The summed E-state index contributed by atoms with van der Waals surface area (Å²) in [5, 5.41) is 1.96. The molecule has 1 amide bonds. The molecule has 134 valence electrons. The summed E-state index contributed by atoms with van der Waals surface area (Å²) in [5.74, 6) is 0.249. The minimum Gasteiger partial charge on any atom is -0.497 e. The summed E-state index contributed by atoms with van der Waals surface area (Å²) in [6.45, 7) is 1.66. The highest BCUT2D eigenvalue weighted by atomic mass is 35.5. The Hall–Kier alpha value is -1.86. The Labute approximate surface area is 152 Å². The standard InChI is InChI=1S/C17H15ClF3NO2S/c1-10(25-13-6-4-12(24-2)5-7-13)16(23)22-15-9-11(17(19,20)21)3-8-14(15)18/h3-10H,1-2H3,(H,22,23)/t10-/m1/s1. The van der Waals surface area contributed by atoms with E-state index in [0.29, 0.717) is 5.75 Å². The molecule has 0 saturated carbocycles. The molecule has 0 aliphatic heterocycles. The number of benzene rings is 2. The van der Waals surface area contributed by atoms with Gasteiger partial charge in [-0.15, -0.1) is 11.8 Å². The molecule has 0 aromatic heterocycles. The Morgan fingerprint density at radius 2 is 1.84 bits per heavy atom. The van der Waals surface area contributed by atoms with Crippen molar-refractivity contribution < 1.29 is 22.7 Å². The number of hydrogen-bond acceptors (Lipinski definition) is 3. The van der Waals surface area contributed by atoms with Gasteiger partial charge in [0.25, 0.3) is 0 Å². The molecule has 0 unspecified atom stereocenters. The summed E-state index contributed by atoms with van der Waals surface area (Å²) in [5.41, 5.74) is -0.939. The number of thioether (sulfide) groups is 1. The van der Waals surface area contributed by atoms with Crippen LogP contribution in [0.3, 0.4) is 0 Å². The van der Waals surface area contributed by atoms with Crippen molar-refractivity contribution in [2.24, 2.45) is 0 Å². The first kappa shape index (κ1) is 19.5. The zero-order chi connectivity index (χ0) is 18.6. The van der Waals surface area contributed by atoms with Crippen molar-refractivity contribution in [2.75, 3.05) is 12.4 Å². The first-order valence-corrected chi connectivity index (χ1v) is 8.45. The number of carbonyl (C=O) groups is 1.